The van der Waals surface area contributed by atoms with Crippen molar-refractivity contribution in [3.63, 3.8) is 0 Å². The van der Waals surface area contributed by atoms with Gasteiger partial charge in [-0.1, -0.05) is 11.6 Å². The number of benzene rings is 1. The lowest BCUT2D eigenvalue weighted by molar-refractivity contribution is 0.0889. The van der Waals surface area contributed by atoms with Gasteiger partial charge in [-0.05, 0) is 31.0 Å². The van der Waals surface area contributed by atoms with E-state index in [0.717, 1.165) is 31.6 Å². The molecule has 0 radical (unpaired) electrons. The standard InChI is InChI=1S/C15H19ClN2O4S/c16-11-7-10(3-4-13(11)18-5-1-2-6-18)15(20)17-12-8-23(21,22)9-14(12)19/h3-4,7,12,14,19H,1-2,5-6,8-9H2,(H,17,20)/t12-,14-/m1/s1. The summed E-state index contributed by atoms with van der Waals surface area (Å²) in [6.45, 7) is 1.91. The molecule has 1 amide bonds. The van der Waals surface area contributed by atoms with Crippen molar-refractivity contribution in [3.05, 3.63) is 28.8 Å². The second-order valence-corrected chi connectivity index (χ2v) is 8.65. The first-order valence-corrected chi connectivity index (χ1v) is 9.79. The number of sulfone groups is 1. The average Bonchev–Trinajstić information content (AvgIpc) is 3.07. The number of hydrogen-bond donors (Lipinski definition) is 2. The molecule has 2 aliphatic heterocycles. The van der Waals surface area contributed by atoms with Gasteiger partial charge in [0, 0.05) is 18.7 Å². The predicted octanol–water partition coefficient (Wildman–Crippen LogP) is 0.828. The van der Waals surface area contributed by atoms with Crippen molar-refractivity contribution in [3.8, 4) is 0 Å². The van der Waals surface area contributed by atoms with Crippen LogP contribution >= 0.6 is 11.6 Å². The summed E-state index contributed by atoms with van der Waals surface area (Å²) >= 11 is 6.28. The predicted molar refractivity (Wildman–Crippen MR) is 88.8 cm³/mol. The van der Waals surface area contributed by atoms with Crippen LogP contribution in [0.15, 0.2) is 18.2 Å². The van der Waals surface area contributed by atoms with Gasteiger partial charge >= 0.3 is 0 Å². The molecule has 1 aromatic rings. The minimum atomic E-state index is -3.30. The van der Waals surface area contributed by atoms with E-state index in [4.69, 9.17) is 11.6 Å². The third-order valence-corrected chi connectivity index (χ3v) is 6.31. The molecule has 0 aromatic heterocycles. The largest absolute Gasteiger partial charge is 0.390 e. The quantitative estimate of drug-likeness (QED) is 0.835. The zero-order chi connectivity index (χ0) is 16.6. The Labute approximate surface area is 140 Å². The van der Waals surface area contributed by atoms with E-state index in [2.05, 4.69) is 10.2 Å². The van der Waals surface area contributed by atoms with Crippen molar-refractivity contribution >= 4 is 33.0 Å². The van der Waals surface area contributed by atoms with Crippen LogP contribution in [-0.4, -0.2) is 56.2 Å². The maximum absolute atomic E-state index is 12.3. The fraction of sp³-hybridized carbons (Fsp3) is 0.533. The molecule has 2 saturated heterocycles. The number of amides is 1. The second kappa shape index (κ2) is 6.30. The van der Waals surface area contributed by atoms with Crippen molar-refractivity contribution in [1.29, 1.82) is 0 Å². The summed E-state index contributed by atoms with van der Waals surface area (Å²) in [6.07, 6.45) is 1.20. The summed E-state index contributed by atoms with van der Waals surface area (Å²) in [5.74, 6) is -0.979. The van der Waals surface area contributed by atoms with E-state index in [1.165, 1.54) is 0 Å². The molecule has 2 heterocycles. The number of nitrogens with zero attached hydrogens (tertiary/aromatic N) is 1. The number of nitrogens with one attached hydrogen (secondary N) is 1. The van der Waals surface area contributed by atoms with Gasteiger partial charge in [0.05, 0.1) is 34.4 Å². The molecule has 2 fully saturated rings. The highest BCUT2D eigenvalue weighted by molar-refractivity contribution is 7.91. The van der Waals surface area contributed by atoms with Gasteiger partial charge < -0.3 is 15.3 Å². The van der Waals surface area contributed by atoms with Crippen LogP contribution < -0.4 is 10.2 Å². The second-order valence-electron chi connectivity index (χ2n) is 6.08. The topological polar surface area (TPSA) is 86.7 Å². The Bertz CT molecular complexity index is 716. The fourth-order valence-electron chi connectivity index (χ4n) is 3.08. The van der Waals surface area contributed by atoms with E-state index in [1.54, 1.807) is 12.1 Å². The molecule has 1 aromatic carbocycles. The average molecular weight is 359 g/mol. The van der Waals surface area contributed by atoms with Crippen molar-refractivity contribution in [2.24, 2.45) is 0 Å². The number of halogens is 1. The highest BCUT2D eigenvalue weighted by atomic mass is 35.5. The smallest absolute Gasteiger partial charge is 0.251 e. The molecule has 126 valence electrons. The van der Waals surface area contributed by atoms with Gasteiger partial charge in [0.25, 0.3) is 5.91 Å². The summed E-state index contributed by atoms with van der Waals surface area (Å²) in [7, 11) is -3.30. The van der Waals surface area contributed by atoms with Crippen LogP contribution in [0.25, 0.3) is 0 Å². The molecule has 2 N–H and O–H groups in total. The monoisotopic (exact) mass is 358 g/mol. The minimum Gasteiger partial charge on any atom is -0.390 e. The normalized spacial score (nSPS) is 26.4. The molecule has 0 bridgehead atoms. The third-order valence-electron chi connectivity index (χ3n) is 4.30. The van der Waals surface area contributed by atoms with Crippen LogP contribution in [0.3, 0.4) is 0 Å². The molecule has 0 unspecified atom stereocenters. The van der Waals surface area contributed by atoms with Gasteiger partial charge in [-0.15, -0.1) is 0 Å². The Kier molecular flexibility index (Phi) is 4.53. The van der Waals surface area contributed by atoms with Gasteiger partial charge in [-0.25, -0.2) is 8.42 Å². The van der Waals surface area contributed by atoms with E-state index in [-0.39, 0.29) is 11.5 Å². The molecule has 0 spiro atoms. The molecule has 6 nitrogen and oxygen atoms in total. The van der Waals surface area contributed by atoms with Crippen LogP contribution in [0.1, 0.15) is 23.2 Å². The van der Waals surface area contributed by atoms with Gasteiger partial charge in [-0.3, -0.25) is 4.79 Å². The Morgan fingerprint density at radius 3 is 2.52 bits per heavy atom. The van der Waals surface area contributed by atoms with Crippen LogP contribution in [0.5, 0.6) is 0 Å². The van der Waals surface area contributed by atoms with Crippen molar-refractivity contribution in [1.82, 2.24) is 5.32 Å². The maximum Gasteiger partial charge on any atom is 0.251 e. The van der Waals surface area contributed by atoms with E-state index < -0.39 is 27.9 Å². The SMILES string of the molecule is O=C(N[C@@H]1CS(=O)(=O)C[C@H]1O)c1ccc(N2CCCC2)c(Cl)c1. The molecular weight excluding hydrogens is 340 g/mol. The van der Waals surface area contributed by atoms with Crippen molar-refractivity contribution in [2.75, 3.05) is 29.5 Å². The van der Waals surface area contributed by atoms with E-state index in [1.807, 2.05) is 6.07 Å². The number of anilines is 1. The molecule has 0 saturated carbocycles. The highest BCUT2D eigenvalue weighted by Gasteiger charge is 2.37. The Morgan fingerprint density at radius 1 is 1.26 bits per heavy atom. The minimum absolute atomic E-state index is 0.237. The number of aliphatic hydroxyl groups excluding tert-OH is 1. The lowest BCUT2D eigenvalue weighted by atomic mass is 10.1. The van der Waals surface area contributed by atoms with Gasteiger partial charge in [0.1, 0.15) is 0 Å². The van der Waals surface area contributed by atoms with E-state index in [0.29, 0.717) is 10.6 Å². The fourth-order valence-corrected chi connectivity index (χ4v) is 5.12. The Balaban J connectivity index is 1.71. The number of aliphatic hydroxyl groups is 1. The number of hydrogen-bond acceptors (Lipinski definition) is 5. The summed E-state index contributed by atoms with van der Waals surface area (Å²) in [5.41, 5.74) is 1.26. The summed E-state index contributed by atoms with van der Waals surface area (Å²) < 4.78 is 23.0. The number of carbonyl (C=O) groups excluding carboxylic acids is 1. The van der Waals surface area contributed by atoms with Crippen LogP contribution in [-0.2, 0) is 9.84 Å². The molecule has 3 rings (SSSR count). The lowest BCUT2D eigenvalue weighted by Gasteiger charge is -2.20. The van der Waals surface area contributed by atoms with Gasteiger partial charge in [0.2, 0.25) is 0 Å². The van der Waals surface area contributed by atoms with Crippen LogP contribution in [0.4, 0.5) is 5.69 Å². The molecule has 2 atom stereocenters. The number of carbonyl (C=O) groups is 1. The van der Waals surface area contributed by atoms with E-state index in [9.17, 15) is 18.3 Å². The van der Waals surface area contributed by atoms with Crippen molar-refractivity contribution < 1.29 is 18.3 Å². The van der Waals surface area contributed by atoms with Crippen LogP contribution in [0.2, 0.25) is 5.02 Å². The molecule has 8 heteroatoms. The zero-order valence-corrected chi connectivity index (χ0v) is 14.1. The molecule has 23 heavy (non-hydrogen) atoms. The van der Waals surface area contributed by atoms with E-state index >= 15 is 0 Å². The Hall–Kier alpha value is -1.31. The molecular formula is C15H19ClN2O4S. The Morgan fingerprint density at radius 2 is 1.96 bits per heavy atom. The third kappa shape index (κ3) is 3.62. The van der Waals surface area contributed by atoms with Gasteiger partial charge in [-0.2, -0.15) is 0 Å². The maximum atomic E-state index is 12.3. The van der Waals surface area contributed by atoms with Gasteiger partial charge in [0.15, 0.2) is 9.84 Å². The summed E-state index contributed by atoms with van der Waals surface area (Å²) in [5, 5.41) is 12.8. The summed E-state index contributed by atoms with van der Waals surface area (Å²) in [4.78, 5) is 14.4. The highest BCUT2D eigenvalue weighted by Crippen LogP contribution is 2.29. The molecule has 0 aliphatic carbocycles. The van der Waals surface area contributed by atoms with Crippen molar-refractivity contribution in [2.45, 2.75) is 25.0 Å². The van der Waals surface area contributed by atoms with Crippen LogP contribution in [0, 0.1) is 0 Å². The zero-order valence-electron chi connectivity index (χ0n) is 12.5. The molecule has 2 aliphatic rings. The summed E-state index contributed by atoms with van der Waals surface area (Å²) in [6, 6.07) is 4.29. The lowest BCUT2D eigenvalue weighted by Crippen LogP contribution is -2.42. The number of rotatable bonds is 3. The first-order valence-electron chi connectivity index (χ1n) is 7.59. The first kappa shape index (κ1) is 16.5. The first-order chi connectivity index (χ1) is 10.9.